The summed E-state index contributed by atoms with van der Waals surface area (Å²) in [5.74, 6) is 1.67. The van der Waals surface area contributed by atoms with Crippen molar-refractivity contribution >= 4 is 0 Å². The first-order chi connectivity index (χ1) is 9.59. The van der Waals surface area contributed by atoms with Crippen LogP contribution in [0.3, 0.4) is 0 Å². The molecule has 1 fully saturated rings. The summed E-state index contributed by atoms with van der Waals surface area (Å²) in [4.78, 5) is 0. The molecule has 20 heavy (non-hydrogen) atoms. The lowest BCUT2D eigenvalue weighted by atomic mass is 9.55. The van der Waals surface area contributed by atoms with Crippen molar-refractivity contribution in [2.45, 2.75) is 39.0 Å². The van der Waals surface area contributed by atoms with Crippen LogP contribution in [0.25, 0.3) is 0 Å². The number of ether oxygens (including phenoxy) is 1. The zero-order chi connectivity index (χ0) is 14.6. The fourth-order valence-corrected chi connectivity index (χ4v) is 3.54. The minimum Gasteiger partial charge on any atom is -0.383 e. The molecule has 0 saturated heterocycles. The van der Waals surface area contributed by atoms with Crippen LogP contribution in [0, 0.1) is 18.8 Å². The van der Waals surface area contributed by atoms with E-state index < -0.39 is 0 Å². The number of hydrogen-bond acceptors (Lipinski definition) is 2. The van der Waals surface area contributed by atoms with Gasteiger partial charge in [0, 0.05) is 25.6 Å². The summed E-state index contributed by atoms with van der Waals surface area (Å²) in [6.07, 6.45) is 2.63. The molecule has 0 radical (unpaired) electrons. The van der Waals surface area contributed by atoms with Gasteiger partial charge in [0.15, 0.2) is 0 Å². The van der Waals surface area contributed by atoms with Crippen LogP contribution in [0.1, 0.15) is 37.8 Å². The third kappa shape index (κ3) is 3.24. The molecular formula is C18H29NO. The fourth-order valence-electron chi connectivity index (χ4n) is 3.54. The zero-order valence-electron chi connectivity index (χ0n) is 13.4. The predicted octanol–water partition coefficient (Wildman–Crippen LogP) is 3.53. The number of nitrogens with one attached hydrogen (secondary N) is 1. The maximum absolute atomic E-state index is 5.13. The number of rotatable bonds is 7. The van der Waals surface area contributed by atoms with Crippen molar-refractivity contribution < 1.29 is 4.74 Å². The van der Waals surface area contributed by atoms with Crippen LogP contribution in [0.5, 0.6) is 0 Å². The largest absolute Gasteiger partial charge is 0.383 e. The Bertz CT molecular complexity index is 421. The molecule has 0 bridgehead atoms. The Morgan fingerprint density at radius 2 is 2.00 bits per heavy atom. The Morgan fingerprint density at radius 1 is 1.30 bits per heavy atom. The van der Waals surface area contributed by atoms with Crippen molar-refractivity contribution in [3.05, 3.63) is 35.4 Å². The molecule has 1 saturated carbocycles. The average Bonchev–Trinajstić information content (AvgIpc) is 2.37. The van der Waals surface area contributed by atoms with Crippen molar-refractivity contribution in [2.75, 3.05) is 26.8 Å². The van der Waals surface area contributed by atoms with Crippen LogP contribution >= 0.6 is 0 Å². The van der Waals surface area contributed by atoms with E-state index in [-0.39, 0.29) is 0 Å². The van der Waals surface area contributed by atoms with E-state index in [0.29, 0.717) is 5.41 Å². The van der Waals surface area contributed by atoms with Crippen LogP contribution in [0.15, 0.2) is 24.3 Å². The van der Waals surface area contributed by atoms with Crippen molar-refractivity contribution in [3.8, 4) is 0 Å². The number of aryl methyl sites for hydroxylation is 1. The van der Waals surface area contributed by atoms with Gasteiger partial charge in [-0.3, -0.25) is 0 Å². The Morgan fingerprint density at radius 3 is 2.60 bits per heavy atom. The lowest BCUT2D eigenvalue weighted by molar-refractivity contribution is 0.0944. The summed E-state index contributed by atoms with van der Waals surface area (Å²) in [6, 6.07) is 8.89. The van der Waals surface area contributed by atoms with Gasteiger partial charge >= 0.3 is 0 Å². The average molecular weight is 275 g/mol. The van der Waals surface area contributed by atoms with Crippen molar-refractivity contribution in [1.29, 1.82) is 0 Å². The Balaban J connectivity index is 2.08. The van der Waals surface area contributed by atoms with E-state index in [1.54, 1.807) is 12.7 Å². The van der Waals surface area contributed by atoms with Gasteiger partial charge < -0.3 is 10.1 Å². The van der Waals surface area contributed by atoms with E-state index in [1.807, 2.05) is 0 Å². The minimum absolute atomic E-state index is 0.341. The Hall–Kier alpha value is -0.860. The van der Waals surface area contributed by atoms with Gasteiger partial charge in [0.25, 0.3) is 0 Å². The second-order valence-corrected chi connectivity index (χ2v) is 6.68. The van der Waals surface area contributed by atoms with Gasteiger partial charge in [-0.1, -0.05) is 38.1 Å². The summed E-state index contributed by atoms with van der Waals surface area (Å²) in [5, 5.41) is 3.59. The lowest BCUT2D eigenvalue weighted by Gasteiger charge is -2.51. The van der Waals surface area contributed by atoms with Crippen LogP contribution in [0.4, 0.5) is 0 Å². The highest BCUT2D eigenvalue weighted by Gasteiger charge is 2.46. The zero-order valence-corrected chi connectivity index (χ0v) is 13.4. The molecular weight excluding hydrogens is 246 g/mol. The Labute approximate surface area is 123 Å². The first-order valence-electron chi connectivity index (χ1n) is 7.85. The second-order valence-electron chi connectivity index (χ2n) is 6.68. The molecule has 1 aliphatic carbocycles. The molecule has 0 atom stereocenters. The highest BCUT2D eigenvalue weighted by atomic mass is 16.5. The maximum atomic E-state index is 5.13. The molecule has 1 aromatic carbocycles. The minimum atomic E-state index is 0.341. The van der Waals surface area contributed by atoms with Crippen molar-refractivity contribution in [1.82, 2.24) is 5.32 Å². The van der Waals surface area contributed by atoms with Crippen LogP contribution in [0.2, 0.25) is 0 Å². The quantitative estimate of drug-likeness (QED) is 0.769. The third-order valence-electron chi connectivity index (χ3n) is 4.91. The molecule has 0 spiro atoms. The molecule has 112 valence electrons. The molecule has 1 aromatic rings. The second kappa shape index (κ2) is 6.73. The normalized spacial score (nSPS) is 25.8. The smallest absolute Gasteiger partial charge is 0.0587 e. The van der Waals surface area contributed by atoms with Gasteiger partial charge in [-0.05, 0) is 42.7 Å². The summed E-state index contributed by atoms with van der Waals surface area (Å²) in [6.45, 7) is 9.75. The lowest BCUT2D eigenvalue weighted by Crippen LogP contribution is -2.50. The van der Waals surface area contributed by atoms with E-state index in [0.717, 1.165) is 31.5 Å². The molecule has 0 unspecified atom stereocenters. The van der Waals surface area contributed by atoms with Gasteiger partial charge in [0.05, 0.1) is 6.61 Å². The summed E-state index contributed by atoms with van der Waals surface area (Å²) in [5.41, 5.74) is 3.32. The number of methoxy groups -OCH3 is 1. The Kier molecular flexibility index (Phi) is 5.22. The van der Waals surface area contributed by atoms with Gasteiger partial charge in [-0.2, -0.15) is 0 Å². The van der Waals surface area contributed by atoms with Gasteiger partial charge in [-0.25, -0.2) is 0 Å². The molecule has 0 aliphatic heterocycles. The number of benzene rings is 1. The molecule has 1 aliphatic rings. The standard InChI is InChI=1S/C18H29NO/c1-14(2)16-11-18(12-16,13-19-9-10-20-4)17-8-6-5-7-15(17)3/h5-8,14,16,19H,9-13H2,1-4H3. The topological polar surface area (TPSA) is 21.3 Å². The summed E-state index contributed by atoms with van der Waals surface area (Å²) in [7, 11) is 1.76. The molecule has 2 heteroatoms. The van der Waals surface area contributed by atoms with Crippen molar-refractivity contribution in [3.63, 3.8) is 0 Å². The van der Waals surface area contributed by atoms with Crippen LogP contribution in [-0.2, 0) is 10.2 Å². The third-order valence-corrected chi connectivity index (χ3v) is 4.91. The van der Waals surface area contributed by atoms with E-state index >= 15 is 0 Å². The molecule has 0 amide bonds. The monoisotopic (exact) mass is 275 g/mol. The SMILES string of the molecule is COCCNCC1(c2ccccc2C)CC(C(C)C)C1. The van der Waals surface area contributed by atoms with E-state index in [4.69, 9.17) is 4.74 Å². The first-order valence-corrected chi connectivity index (χ1v) is 7.85. The van der Waals surface area contributed by atoms with E-state index in [2.05, 4.69) is 50.4 Å². The summed E-state index contributed by atoms with van der Waals surface area (Å²) < 4.78 is 5.13. The summed E-state index contributed by atoms with van der Waals surface area (Å²) >= 11 is 0. The number of hydrogen-bond donors (Lipinski definition) is 1. The molecule has 2 nitrogen and oxygen atoms in total. The molecule has 1 N–H and O–H groups in total. The van der Waals surface area contributed by atoms with E-state index in [9.17, 15) is 0 Å². The van der Waals surface area contributed by atoms with Crippen LogP contribution < -0.4 is 5.32 Å². The van der Waals surface area contributed by atoms with Gasteiger partial charge in [0.1, 0.15) is 0 Å². The molecule has 0 heterocycles. The van der Waals surface area contributed by atoms with Gasteiger partial charge in [-0.15, -0.1) is 0 Å². The molecule has 2 rings (SSSR count). The van der Waals surface area contributed by atoms with E-state index in [1.165, 1.54) is 18.4 Å². The molecule has 0 aromatic heterocycles. The fraction of sp³-hybridized carbons (Fsp3) is 0.667. The van der Waals surface area contributed by atoms with Crippen LogP contribution in [-0.4, -0.2) is 26.8 Å². The highest BCUT2D eigenvalue weighted by molar-refractivity contribution is 5.36. The highest BCUT2D eigenvalue weighted by Crippen LogP contribution is 2.51. The first kappa shape index (κ1) is 15.5. The van der Waals surface area contributed by atoms with Gasteiger partial charge in [0.2, 0.25) is 0 Å². The predicted molar refractivity (Wildman–Crippen MR) is 85.2 cm³/mol. The maximum Gasteiger partial charge on any atom is 0.0587 e. The van der Waals surface area contributed by atoms with Crippen molar-refractivity contribution in [2.24, 2.45) is 11.8 Å².